The number of benzene rings is 1. The summed E-state index contributed by atoms with van der Waals surface area (Å²) in [6, 6.07) is 7.98. The molecule has 0 spiro atoms. The number of hydrogen-bond acceptors (Lipinski definition) is 6. The molecule has 2 heterocycles. The van der Waals surface area contributed by atoms with Gasteiger partial charge in [0, 0.05) is 24.2 Å². The standard InChI is InChI=1S/C21H26ClN3O6S/c1-2-30-21(27)25-11-9-16(10-12-25)23-20(26)14-18(19-4-3-13-31-19)24-32(28,29)17-7-5-15(22)6-8-17/h3-8,13,16,18,24H,2,9-12,14H2,1H3,(H,23,26)/t18-/m1/s1. The van der Waals surface area contributed by atoms with Crippen molar-refractivity contribution in [3.8, 4) is 0 Å². The van der Waals surface area contributed by atoms with E-state index in [9.17, 15) is 18.0 Å². The van der Waals surface area contributed by atoms with E-state index in [1.807, 2.05) is 0 Å². The van der Waals surface area contributed by atoms with Crippen molar-refractivity contribution in [3.05, 3.63) is 53.4 Å². The maximum atomic E-state index is 12.8. The van der Waals surface area contributed by atoms with Crippen LogP contribution in [0.25, 0.3) is 0 Å². The van der Waals surface area contributed by atoms with Crippen LogP contribution in [0.15, 0.2) is 52.0 Å². The number of furan rings is 1. The second-order valence-electron chi connectivity index (χ2n) is 7.38. The Hall–Kier alpha value is -2.56. The Bertz CT molecular complexity index is 1000. The van der Waals surface area contributed by atoms with Gasteiger partial charge in [0.2, 0.25) is 15.9 Å². The molecule has 2 aromatic rings. The van der Waals surface area contributed by atoms with Crippen LogP contribution < -0.4 is 10.0 Å². The van der Waals surface area contributed by atoms with E-state index < -0.39 is 16.1 Å². The largest absolute Gasteiger partial charge is 0.468 e. The van der Waals surface area contributed by atoms with E-state index in [1.54, 1.807) is 24.0 Å². The Morgan fingerprint density at radius 3 is 2.50 bits per heavy atom. The summed E-state index contributed by atoms with van der Waals surface area (Å²) in [6.45, 7) is 3.03. The number of halogens is 1. The predicted molar refractivity (Wildman–Crippen MR) is 118 cm³/mol. The van der Waals surface area contributed by atoms with E-state index in [2.05, 4.69) is 10.0 Å². The number of amides is 2. The topological polar surface area (TPSA) is 118 Å². The van der Waals surface area contributed by atoms with Gasteiger partial charge in [0.1, 0.15) is 5.76 Å². The van der Waals surface area contributed by atoms with Crippen molar-refractivity contribution >= 4 is 33.6 Å². The number of carbonyl (C=O) groups is 2. The Balaban J connectivity index is 1.61. The molecule has 32 heavy (non-hydrogen) atoms. The highest BCUT2D eigenvalue weighted by Crippen LogP contribution is 2.22. The van der Waals surface area contributed by atoms with E-state index in [0.717, 1.165) is 0 Å². The zero-order chi connectivity index (χ0) is 23.1. The number of sulfonamides is 1. The number of nitrogens with zero attached hydrogens (tertiary/aromatic N) is 1. The minimum absolute atomic E-state index is 0.0326. The van der Waals surface area contributed by atoms with Crippen molar-refractivity contribution in [2.24, 2.45) is 0 Å². The van der Waals surface area contributed by atoms with Crippen LogP contribution in [0.3, 0.4) is 0 Å². The predicted octanol–water partition coefficient (Wildman–Crippen LogP) is 3.08. The molecular weight excluding hydrogens is 458 g/mol. The van der Waals surface area contributed by atoms with Crippen LogP contribution in [0.2, 0.25) is 5.02 Å². The highest BCUT2D eigenvalue weighted by Gasteiger charge is 2.28. The fraction of sp³-hybridized carbons (Fsp3) is 0.429. The third-order valence-corrected chi connectivity index (χ3v) is 6.82. The molecule has 1 aromatic carbocycles. The molecule has 2 N–H and O–H groups in total. The fourth-order valence-corrected chi connectivity index (χ4v) is 4.78. The third kappa shape index (κ3) is 6.47. The zero-order valence-corrected chi connectivity index (χ0v) is 19.2. The van der Waals surface area contributed by atoms with Gasteiger partial charge in [-0.3, -0.25) is 4.79 Å². The van der Waals surface area contributed by atoms with Gasteiger partial charge < -0.3 is 19.4 Å². The molecule has 2 amide bonds. The molecule has 1 saturated heterocycles. The maximum absolute atomic E-state index is 12.8. The average molecular weight is 484 g/mol. The maximum Gasteiger partial charge on any atom is 0.409 e. The van der Waals surface area contributed by atoms with Crippen LogP contribution in [-0.2, 0) is 19.6 Å². The summed E-state index contributed by atoms with van der Waals surface area (Å²) in [7, 11) is -3.91. The van der Waals surface area contributed by atoms with E-state index in [4.69, 9.17) is 20.8 Å². The first-order chi connectivity index (χ1) is 15.3. The molecule has 1 aromatic heterocycles. The van der Waals surface area contributed by atoms with E-state index in [0.29, 0.717) is 43.3 Å². The Morgan fingerprint density at radius 2 is 1.91 bits per heavy atom. The molecule has 174 valence electrons. The lowest BCUT2D eigenvalue weighted by Crippen LogP contribution is -2.47. The molecule has 0 saturated carbocycles. The summed E-state index contributed by atoms with van der Waals surface area (Å²) < 4.78 is 38.5. The first-order valence-electron chi connectivity index (χ1n) is 10.3. The first-order valence-corrected chi connectivity index (χ1v) is 12.2. The summed E-state index contributed by atoms with van der Waals surface area (Å²) in [5.41, 5.74) is 0. The van der Waals surface area contributed by atoms with Gasteiger partial charge in [-0.1, -0.05) is 11.6 Å². The monoisotopic (exact) mass is 483 g/mol. The highest BCUT2D eigenvalue weighted by molar-refractivity contribution is 7.89. The molecule has 0 unspecified atom stereocenters. The molecule has 1 aliphatic heterocycles. The van der Waals surface area contributed by atoms with Crippen LogP contribution in [0.5, 0.6) is 0 Å². The summed E-state index contributed by atoms with van der Waals surface area (Å²) in [4.78, 5) is 26.1. The van der Waals surface area contributed by atoms with Gasteiger partial charge in [-0.25, -0.2) is 13.2 Å². The number of rotatable bonds is 8. The van der Waals surface area contributed by atoms with Gasteiger partial charge in [0.25, 0.3) is 0 Å². The van der Waals surface area contributed by atoms with Gasteiger partial charge in [-0.05, 0) is 56.2 Å². The van der Waals surface area contributed by atoms with Crippen LogP contribution >= 0.6 is 11.6 Å². The van der Waals surface area contributed by atoms with Crippen molar-refractivity contribution in [1.82, 2.24) is 14.9 Å². The molecule has 1 aliphatic rings. The second kappa shape index (κ2) is 10.8. The highest BCUT2D eigenvalue weighted by atomic mass is 35.5. The third-order valence-electron chi connectivity index (χ3n) is 5.08. The van der Waals surface area contributed by atoms with Crippen molar-refractivity contribution in [3.63, 3.8) is 0 Å². The molecule has 0 aliphatic carbocycles. The van der Waals surface area contributed by atoms with E-state index >= 15 is 0 Å². The van der Waals surface area contributed by atoms with Crippen molar-refractivity contribution in [2.45, 2.75) is 43.2 Å². The zero-order valence-electron chi connectivity index (χ0n) is 17.6. The molecule has 9 nitrogen and oxygen atoms in total. The molecule has 0 bridgehead atoms. The van der Waals surface area contributed by atoms with Gasteiger partial charge in [-0.2, -0.15) is 4.72 Å². The Morgan fingerprint density at radius 1 is 1.22 bits per heavy atom. The number of piperidine rings is 1. The van der Waals surface area contributed by atoms with E-state index in [1.165, 1.54) is 30.5 Å². The molecule has 1 atom stereocenters. The van der Waals surface area contributed by atoms with Crippen molar-refractivity contribution in [2.75, 3.05) is 19.7 Å². The minimum atomic E-state index is -3.91. The Labute approximate surface area is 192 Å². The number of likely N-dealkylation sites (tertiary alicyclic amines) is 1. The lowest BCUT2D eigenvalue weighted by molar-refractivity contribution is -0.122. The van der Waals surface area contributed by atoms with Gasteiger partial charge in [-0.15, -0.1) is 0 Å². The minimum Gasteiger partial charge on any atom is -0.468 e. The van der Waals surface area contributed by atoms with Crippen LogP contribution in [-0.4, -0.2) is 51.1 Å². The smallest absolute Gasteiger partial charge is 0.409 e. The molecular formula is C21H26ClN3O6S. The molecule has 3 rings (SSSR count). The molecule has 0 radical (unpaired) electrons. The second-order valence-corrected chi connectivity index (χ2v) is 9.53. The van der Waals surface area contributed by atoms with Crippen LogP contribution in [0.4, 0.5) is 4.79 Å². The lowest BCUT2D eigenvalue weighted by atomic mass is 10.0. The lowest BCUT2D eigenvalue weighted by Gasteiger charge is -2.31. The first kappa shape index (κ1) is 24.1. The number of hydrogen-bond donors (Lipinski definition) is 2. The average Bonchev–Trinajstić information content (AvgIpc) is 3.29. The SMILES string of the molecule is CCOC(=O)N1CCC(NC(=O)C[C@@H](NS(=O)(=O)c2ccc(Cl)cc2)c2ccco2)CC1. The quantitative estimate of drug-likeness (QED) is 0.595. The fourth-order valence-electron chi connectivity index (χ4n) is 3.45. The van der Waals surface area contributed by atoms with Gasteiger partial charge >= 0.3 is 6.09 Å². The number of ether oxygens (including phenoxy) is 1. The normalized spacial score (nSPS) is 15.9. The van der Waals surface area contributed by atoms with E-state index in [-0.39, 0.29) is 29.4 Å². The van der Waals surface area contributed by atoms with Crippen LogP contribution in [0, 0.1) is 0 Å². The molecule has 11 heteroatoms. The van der Waals surface area contributed by atoms with Gasteiger partial charge in [0.15, 0.2) is 0 Å². The Kier molecular flexibility index (Phi) is 8.16. The van der Waals surface area contributed by atoms with Crippen molar-refractivity contribution < 1.29 is 27.2 Å². The summed E-state index contributed by atoms with van der Waals surface area (Å²) >= 11 is 5.84. The van der Waals surface area contributed by atoms with Crippen molar-refractivity contribution in [1.29, 1.82) is 0 Å². The summed E-state index contributed by atoms with van der Waals surface area (Å²) in [6.07, 6.45) is 2.10. The van der Waals surface area contributed by atoms with Gasteiger partial charge in [0.05, 0.1) is 30.2 Å². The number of carbonyl (C=O) groups excluding carboxylic acids is 2. The van der Waals surface area contributed by atoms with Crippen LogP contribution in [0.1, 0.15) is 38.0 Å². The summed E-state index contributed by atoms with van der Waals surface area (Å²) in [5.74, 6) is 0.00890. The number of nitrogens with one attached hydrogen (secondary N) is 2. The summed E-state index contributed by atoms with van der Waals surface area (Å²) in [5, 5.41) is 3.34. The molecule has 1 fully saturated rings.